The number of carbonyl (C=O) groups excluding carboxylic acids is 2. The fourth-order valence-electron chi connectivity index (χ4n) is 6.31. The first-order valence-electron chi connectivity index (χ1n) is 11.9. The van der Waals surface area contributed by atoms with E-state index in [-0.39, 0.29) is 29.3 Å². The average Bonchev–Trinajstić information content (AvgIpc) is 3.52. The Morgan fingerprint density at radius 1 is 1.08 bits per heavy atom. The van der Waals surface area contributed by atoms with Crippen LogP contribution in [0, 0.1) is 29.9 Å². The van der Waals surface area contributed by atoms with Crippen LogP contribution in [0.25, 0.3) is 0 Å². The van der Waals surface area contributed by atoms with Gasteiger partial charge in [0.25, 0.3) is 5.69 Å². The van der Waals surface area contributed by atoms with Crippen LogP contribution < -0.4 is 5.32 Å². The summed E-state index contributed by atoms with van der Waals surface area (Å²) in [5, 5.41) is 14.7. The van der Waals surface area contributed by atoms with Gasteiger partial charge in [0.2, 0.25) is 5.91 Å². The van der Waals surface area contributed by atoms with Crippen LogP contribution >= 0.6 is 11.8 Å². The Morgan fingerprint density at radius 2 is 1.83 bits per heavy atom. The standard InChI is InChI=1S/C28H25N3O4S/c1-16-6-9-18(10-7-16)26(32)25-24(19-4-3-5-20(13-19)31(34)35)23-14-36-15-30(23)28(25)21-12-17(2)8-11-22(21)29-27(28)33/h3-13,23-25H,14-15H2,1-2H3,(H,29,33)/t23-,24-,25+,28+/m0/s1. The molecular weight excluding hydrogens is 474 g/mol. The van der Waals surface area contributed by atoms with E-state index < -0.39 is 16.4 Å². The number of hydrogen-bond acceptors (Lipinski definition) is 6. The highest BCUT2D eigenvalue weighted by molar-refractivity contribution is 7.99. The van der Waals surface area contributed by atoms with Gasteiger partial charge in [0.05, 0.1) is 10.8 Å². The van der Waals surface area contributed by atoms with E-state index in [2.05, 4.69) is 10.2 Å². The molecule has 1 amide bonds. The molecule has 3 aromatic carbocycles. The molecule has 0 radical (unpaired) electrons. The Labute approximate surface area is 213 Å². The number of Topliss-reactive ketones (excluding diaryl/α,β-unsaturated/α-hetero) is 1. The van der Waals surface area contributed by atoms with Crippen molar-refractivity contribution >= 4 is 34.8 Å². The van der Waals surface area contributed by atoms with Crippen molar-refractivity contribution in [1.82, 2.24) is 4.90 Å². The van der Waals surface area contributed by atoms with E-state index in [1.165, 1.54) is 6.07 Å². The largest absolute Gasteiger partial charge is 0.324 e. The first-order chi connectivity index (χ1) is 17.3. The molecule has 182 valence electrons. The molecule has 3 heterocycles. The molecule has 2 fully saturated rings. The third kappa shape index (κ3) is 3.17. The van der Waals surface area contributed by atoms with Gasteiger partial charge in [0.15, 0.2) is 5.78 Å². The number of ketones is 1. The van der Waals surface area contributed by atoms with Crippen molar-refractivity contribution in [2.75, 3.05) is 16.9 Å². The zero-order valence-electron chi connectivity index (χ0n) is 19.9. The Morgan fingerprint density at radius 3 is 2.58 bits per heavy atom. The number of hydrogen-bond donors (Lipinski definition) is 1. The van der Waals surface area contributed by atoms with Crippen molar-refractivity contribution in [3.05, 3.63) is 105 Å². The maximum Gasteiger partial charge on any atom is 0.269 e. The van der Waals surface area contributed by atoms with Crippen LogP contribution in [0.1, 0.15) is 38.5 Å². The van der Waals surface area contributed by atoms with Crippen LogP contribution in [0.3, 0.4) is 0 Å². The van der Waals surface area contributed by atoms with Gasteiger partial charge in [0, 0.05) is 52.5 Å². The van der Waals surface area contributed by atoms with Crippen LogP contribution in [0.2, 0.25) is 0 Å². The van der Waals surface area contributed by atoms with E-state index in [1.54, 1.807) is 23.9 Å². The summed E-state index contributed by atoms with van der Waals surface area (Å²) in [5.74, 6) is -0.0954. The molecule has 7 nitrogen and oxygen atoms in total. The molecule has 0 bridgehead atoms. The summed E-state index contributed by atoms with van der Waals surface area (Å²) in [6.45, 7) is 3.95. The first kappa shape index (κ1) is 22.9. The number of anilines is 1. The lowest BCUT2D eigenvalue weighted by molar-refractivity contribution is -0.384. The summed E-state index contributed by atoms with van der Waals surface area (Å²) < 4.78 is 0. The first-order valence-corrected chi connectivity index (χ1v) is 13.1. The van der Waals surface area contributed by atoms with Gasteiger partial charge in [-0.2, -0.15) is 0 Å². The molecule has 3 aliphatic rings. The van der Waals surface area contributed by atoms with Crippen molar-refractivity contribution in [3.63, 3.8) is 0 Å². The minimum atomic E-state index is -1.19. The number of thioether (sulfide) groups is 1. The number of aryl methyl sites for hydroxylation is 2. The molecule has 1 spiro atoms. The number of nitro groups is 1. The predicted octanol–water partition coefficient (Wildman–Crippen LogP) is 5.03. The highest BCUT2D eigenvalue weighted by Gasteiger charge is 2.69. The minimum Gasteiger partial charge on any atom is -0.324 e. The number of nitro benzene ring substituents is 1. The third-order valence-corrected chi connectivity index (χ3v) is 8.90. The summed E-state index contributed by atoms with van der Waals surface area (Å²) in [6, 6.07) is 19.8. The van der Waals surface area contributed by atoms with Crippen LogP contribution in [-0.2, 0) is 10.3 Å². The number of non-ortho nitro benzene ring substituents is 1. The third-order valence-electron chi connectivity index (χ3n) is 7.86. The maximum absolute atomic E-state index is 14.4. The van der Waals surface area contributed by atoms with E-state index in [0.29, 0.717) is 11.4 Å². The average molecular weight is 500 g/mol. The Kier molecular flexibility index (Phi) is 5.28. The molecule has 3 aromatic rings. The molecule has 2 saturated heterocycles. The lowest BCUT2D eigenvalue weighted by atomic mass is 9.69. The van der Waals surface area contributed by atoms with E-state index in [4.69, 9.17) is 0 Å². The summed E-state index contributed by atoms with van der Waals surface area (Å²) in [5.41, 5.74) is 3.65. The molecule has 0 aliphatic carbocycles. The molecule has 8 heteroatoms. The lowest BCUT2D eigenvalue weighted by Gasteiger charge is -2.36. The molecule has 3 aliphatic heterocycles. The Hall–Kier alpha value is -3.49. The van der Waals surface area contributed by atoms with Crippen LogP contribution in [0.15, 0.2) is 66.7 Å². The van der Waals surface area contributed by atoms with Crippen LogP contribution in [-0.4, -0.2) is 39.2 Å². The molecule has 1 N–H and O–H groups in total. The van der Waals surface area contributed by atoms with Gasteiger partial charge in [-0.1, -0.05) is 59.7 Å². The molecule has 0 aromatic heterocycles. The minimum absolute atomic E-state index is 0.0145. The number of amides is 1. The zero-order chi connectivity index (χ0) is 25.2. The Balaban J connectivity index is 1.62. The normalized spacial score (nSPS) is 26.6. The maximum atomic E-state index is 14.4. The van der Waals surface area contributed by atoms with Crippen LogP contribution in [0.4, 0.5) is 11.4 Å². The fraction of sp³-hybridized carbons (Fsp3) is 0.286. The quantitative estimate of drug-likeness (QED) is 0.308. The number of nitrogens with one attached hydrogen (secondary N) is 1. The topological polar surface area (TPSA) is 92.5 Å². The monoisotopic (exact) mass is 499 g/mol. The second-order valence-corrected chi connectivity index (χ2v) is 10.9. The molecular formula is C28H25N3O4S. The summed E-state index contributed by atoms with van der Waals surface area (Å²) in [4.78, 5) is 41.9. The number of rotatable bonds is 4. The van der Waals surface area contributed by atoms with Crippen molar-refractivity contribution in [1.29, 1.82) is 0 Å². The zero-order valence-corrected chi connectivity index (χ0v) is 20.7. The number of nitrogens with zero attached hydrogens (tertiary/aromatic N) is 2. The van der Waals surface area contributed by atoms with Gasteiger partial charge < -0.3 is 5.32 Å². The second-order valence-electron chi connectivity index (χ2n) is 9.89. The summed E-state index contributed by atoms with van der Waals surface area (Å²) in [7, 11) is 0. The molecule has 36 heavy (non-hydrogen) atoms. The van der Waals surface area contributed by atoms with Crippen LogP contribution in [0.5, 0.6) is 0 Å². The second kappa shape index (κ2) is 8.28. The number of benzene rings is 3. The predicted molar refractivity (Wildman–Crippen MR) is 139 cm³/mol. The van der Waals surface area contributed by atoms with Crippen molar-refractivity contribution in [3.8, 4) is 0 Å². The van der Waals surface area contributed by atoms with Gasteiger partial charge >= 0.3 is 0 Å². The number of carbonyl (C=O) groups is 2. The molecule has 0 saturated carbocycles. The lowest BCUT2D eigenvalue weighted by Crippen LogP contribution is -2.52. The smallest absolute Gasteiger partial charge is 0.269 e. The van der Waals surface area contributed by atoms with Gasteiger partial charge in [0.1, 0.15) is 5.54 Å². The molecule has 0 unspecified atom stereocenters. The van der Waals surface area contributed by atoms with Crippen molar-refractivity contribution in [2.24, 2.45) is 5.92 Å². The molecule has 6 rings (SSSR count). The Bertz CT molecular complexity index is 1420. The molecule has 4 atom stereocenters. The SMILES string of the molecule is Cc1ccc(C(=O)[C@H]2[C@@H](c3cccc([N+](=O)[O-])c3)[C@@H]3CSCN3[C@@]23C(=O)Nc2ccc(C)cc23)cc1. The highest BCUT2D eigenvalue weighted by atomic mass is 32.2. The summed E-state index contributed by atoms with van der Waals surface area (Å²) in [6.07, 6.45) is 0. The highest BCUT2D eigenvalue weighted by Crippen LogP contribution is 2.61. The summed E-state index contributed by atoms with van der Waals surface area (Å²) >= 11 is 1.73. The van der Waals surface area contributed by atoms with Gasteiger partial charge in [-0.25, -0.2) is 0 Å². The van der Waals surface area contributed by atoms with Gasteiger partial charge in [-0.05, 0) is 25.5 Å². The van der Waals surface area contributed by atoms with Crippen molar-refractivity contribution in [2.45, 2.75) is 31.3 Å². The van der Waals surface area contributed by atoms with E-state index in [9.17, 15) is 19.7 Å². The van der Waals surface area contributed by atoms with Crippen molar-refractivity contribution < 1.29 is 14.5 Å². The fourth-order valence-corrected chi connectivity index (χ4v) is 7.63. The van der Waals surface area contributed by atoms with E-state index >= 15 is 0 Å². The van der Waals surface area contributed by atoms with Gasteiger partial charge in [-0.15, -0.1) is 11.8 Å². The van der Waals surface area contributed by atoms with E-state index in [1.807, 2.05) is 62.4 Å². The van der Waals surface area contributed by atoms with E-state index in [0.717, 1.165) is 33.7 Å². The number of fused-ring (bicyclic) bond motifs is 4. The van der Waals surface area contributed by atoms with Gasteiger partial charge in [-0.3, -0.25) is 24.6 Å².